The summed E-state index contributed by atoms with van der Waals surface area (Å²) < 4.78 is 16.8. The molecule has 1 aliphatic rings. The van der Waals surface area contributed by atoms with E-state index < -0.39 is 29.7 Å². The largest absolute Gasteiger partial charge is 0.390 e. The Kier molecular flexibility index (Phi) is 4.71. The molecule has 0 amide bonds. The van der Waals surface area contributed by atoms with Crippen LogP contribution in [0.1, 0.15) is 18.2 Å². The summed E-state index contributed by atoms with van der Waals surface area (Å²) in [5.41, 5.74) is -0.581. The van der Waals surface area contributed by atoms with Gasteiger partial charge >= 0.3 is 5.69 Å². The lowest BCUT2D eigenvalue weighted by atomic mass is 10.2. The zero-order valence-electron chi connectivity index (χ0n) is 11.4. The van der Waals surface area contributed by atoms with Gasteiger partial charge in [0, 0.05) is 25.3 Å². The minimum Gasteiger partial charge on any atom is -0.390 e. The van der Waals surface area contributed by atoms with Crippen molar-refractivity contribution in [3.63, 3.8) is 0 Å². The fourth-order valence-electron chi connectivity index (χ4n) is 2.08. The Morgan fingerprint density at radius 2 is 2.30 bits per heavy atom. The van der Waals surface area contributed by atoms with Crippen LogP contribution in [0, 0.1) is 6.92 Å². The first kappa shape index (κ1) is 14.9. The van der Waals surface area contributed by atoms with Gasteiger partial charge in [-0.1, -0.05) is 0 Å². The zero-order chi connectivity index (χ0) is 14.7. The highest BCUT2D eigenvalue weighted by Gasteiger charge is 2.35. The lowest BCUT2D eigenvalue weighted by Crippen LogP contribution is -2.33. The van der Waals surface area contributed by atoms with Gasteiger partial charge in [-0.15, -0.1) is 0 Å². The van der Waals surface area contributed by atoms with Gasteiger partial charge in [-0.2, -0.15) is 0 Å². The molecule has 1 aliphatic heterocycles. The number of hydrogen-bond donors (Lipinski definition) is 2. The van der Waals surface area contributed by atoms with Crippen LogP contribution in [0.3, 0.4) is 0 Å². The van der Waals surface area contributed by atoms with Gasteiger partial charge in [0.05, 0.1) is 12.7 Å². The smallest absolute Gasteiger partial charge is 0.330 e. The van der Waals surface area contributed by atoms with E-state index in [1.807, 2.05) is 0 Å². The van der Waals surface area contributed by atoms with Gasteiger partial charge in [0.1, 0.15) is 19.1 Å². The lowest BCUT2D eigenvalue weighted by molar-refractivity contribution is -0.102. The minimum atomic E-state index is -0.740. The van der Waals surface area contributed by atoms with E-state index in [1.165, 1.54) is 17.9 Å². The molecule has 2 rings (SSSR count). The van der Waals surface area contributed by atoms with Gasteiger partial charge in [0.2, 0.25) is 0 Å². The van der Waals surface area contributed by atoms with E-state index in [0.29, 0.717) is 5.56 Å². The molecule has 112 valence electrons. The van der Waals surface area contributed by atoms with Crippen LogP contribution >= 0.6 is 0 Å². The maximum absolute atomic E-state index is 11.7. The second-order valence-electron chi connectivity index (χ2n) is 4.69. The second-order valence-corrected chi connectivity index (χ2v) is 4.69. The van der Waals surface area contributed by atoms with Crippen LogP contribution in [-0.4, -0.2) is 47.4 Å². The number of nitrogens with one attached hydrogen (secondary N) is 1. The van der Waals surface area contributed by atoms with E-state index in [9.17, 15) is 14.7 Å². The zero-order valence-corrected chi connectivity index (χ0v) is 11.4. The third kappa shape index (κ3) is 3.15. The number of hydrogen-bond acceptors (Lipinski definition) is 6. The number of aliphatic hydroxyl groups is 1. The third-order valence-electron chi connectivity index (χ3n) is 3.14. The number of rotatable bonds is 5. The molecule has 0 aliphatic carbocycles. The van der Waals surface area contributed by atoms with Crippen LogP contribution in [0.4, 0.5) is 0 Å². The molecule has 2 N–H and O–H groups in total. The molecule has 3 atom stereocenters. The Morgan fingerprint density at radius 1 is 1.55 bits per heavy atom. The van der Waals surface area contributed by atoms with Gasteiger partial charge < -0.3 is 19.3 Å². The number of aryl methyl sites for hydroxylation is 1. The van der Waals surface area contributed by atoms with Crippen LogP contribution < -0.4 is 11.2 Å². The van der Waals surface area contributed by atoms with Crippen molar-refractivity contribution in [1.82, 2.24) is 9.55 Å². The SMILES string of the molecule is COCOC[C@H]1O[C@@H](n2cc(C)c(=O)[nH]c2=O)C[C@H]1O. The number of methoxy groups -OCH3 is 1. The highest BCUT2D eigenvalue weighted by Crippen LogP contribution is 2.27. The Bertz CT molecular complexity index is 566. The van der Waals surface area contributed by atoms with E-state index in [4.69, 9.17) is 14.2 Å². The molecule has 0 saturated carbocycles. The van der Waals surface area contributed by atoms with Gasteiger partial charge in [0.15, 0.2) is 0 Å². The summed E-state index contributed by atoms with van der Waals surface area (Å²) in [6.07, 6.45) is -0.210. The average Bonchev–Trinajstić information content (AvgIpc) is 2.76. The van der Waals surface area contributed by atoms with Crippen LogP contribution in [0.25, 0.3) is 0 Å². The van der Waals surface area contributed by atoms with E-state index >= 15 is 0 Å². The van der Waals surface area contributed by atoms with Crippen molar-refractivity contribution in [2.75, 3.05) is 20.5 Å². The van der Waals surface area contributed by atoms with E-state index in [2.05, 4.69) is 4.98 Å². The van der Waals surface area contributed by atoms with Crippen molar-refractivity contribution in [1.29, 1.82) is 0 Å². The van der Waals surface area contributed by atoms with Crippen molar-refractivity contribution in [2.45, 2.75) is 31.8 Å². The number of aromatic amines is 1. The monoisotopic (exact) mass is 286 g/mol. The fraction of sp³-hybridized carbons (Fsp3) is 0.667. The summed E-state index contributed by atoms with van der Waals surface area (Å²) in [6.45, 7) is 1.87. The van der Waals surface area contributed by atoms with Crippen LogP contribution in [0.2, 0.25) is 0 Å². The summed E-state index contributed by atoms with van der Waals surface area (Å²) in [7, 11) is 1.50. The minimum absolute atomic E-state index is 0.106. The van der Waals surface area contributed by atoms with Gasteiger partial charge in [-0.3, -0.25) is 14.3 Å². The van der Waals surface area contributed by atoms with E-state index in [0.717, 1.165) is 0 Å². The predicted molar refractivity (Wildman–Crippen MR) is 68.4 cm³/mol. The summed E-state index contributed by atoms with van der Waals surface area (Å²) in [4.78, 5) is 25.3. The Hall–Kier alpha value is -1.48. The standard InChI is InChI=1S/C12H18N2O6/c1-7-4-14(12(17)13-11(7)16)10-3-8(15)9(20-10)5-19-6-18-2/h4,8-10,15H,3,5-6H2,1-2H3,(H,13,16,17)/t8-,9-,10-/m1/s1. The molecule has 1 aromatic rings. The summed E-state index contributed by atoms with van der Waals surface area (Å²) >= 11 is 0. The molecule has 0 bridgehead atoms. The summed E-state index contributed by atoms with van der Waals surface area (Å²) in [6, 6.07) is 0. The van der Waals surface area contributed by atoms with E-state index in [-0.39, 0.29) is 19.8 Å². The Morgan fingerprint density at radius 3 is 3.00 bits per heavy atom. The molecule has 0 unspecified atom stereocenters. The van der Waals surface area contributed by atoms with Crippen molar-refractivity contribution < 1.29 is 19.3 Å². The Balaban J connectivity index is 2.10. The summed E-state index contributed by atoms with van der Waals surface area (Å²) in [5.74, 6) is 0. The molecule has 2 heterocycles. The van der Waals surface area contributed by atoms with Crippen LogP contribution in [-0.2, 0) is 14.2 Å². The quantitative estimate of drug-likeness (QED) is 0.538. The normalized spacial score (nSPS) is 26.1. The topological polar surface area (TPSA) is 103 Å². The van der Waals surface area contributed by atoms with Crippen molar-refractivity contribution in [2.24, 2.45) is 0 Å². The number of nitrogens with zero attached hydrogens (tertiary/aromatic N) is 1. The maximum atomic E-state index is 11.7. The number of H-pyrrole nitrogens is 1. The maximum Gasteiger partial charge on any atom is 0.330 e. The predicted octanol–water partition coefficient (Wildman–Crippen LogP) is -0.886. The first-order valence-electron chi connectivity index (χ1n) is 6.25. The Labute approximate surface area is 114 Å². The number of aliphatic hydroxyl groups excluding tert-OH is 1. The van der Waals surface area contributed by atoms with Crippen LogP contribution in [0.15, 0.2) is 15.8 Å². The molecule has 1 aromatic heterocycles. The number of aromatic nitrogens is 2. The molecule has 1 fully saturated rings. The molecular formula is C12H18N2O6. The van der Waals surface area contributed by atoms with Gasteiger partial charge in [0.25, 0.3) is 5.56 Å². The highest BCUT2D eigenvalue weighted by molar-refractivity contribution is 5.02. The third-order valence-corrected chi connectivity index (χ3v) is 3.14. The first-order chi connectivity index (χ1) is 9.52. The average molecular weight is 286 g/mol. The molecular weight excluding hydrogens is 268 g/mol. The number of ether oxygens (including phenoxy) is 3. The molecule has 8 heteroatoms. The molecule has 8 nitrogen and oxygen atoms in total. The molecule has 0 aromatic carbocycles. The molecule has 0 spiro atoms. The van der Waals surface area contributed by atoms with Crippen molar-refractivity contribution >= 4 is 0 Å². The fourth-order valence-corrected chi connectivity index (χ4v) is 2.08. The van der Waals surface area contributed by atoms with Crippen molar-refractivity contribution in [3.8, 4) is 0 Å². The van der Waals surface area contributed by atoms with Crippen molar-refractivity contribution in [3.05, 3.63) is 32.6 Å². The lowest BCUT2D eigenvalue weighted by Gasteiger charge is -2.16. The summed E-state index contributed by atoms with van der Waals surface area (Å²) in [5, 5.41) is 9.90. The van der Waals surface area contributed by atoms with Crippen LogP contribution in [0.5, 0.6) is 0 Å². The van der Waals surface area contributed by atoms with Gasteiger partial charge in [-0.25, -0.2) is 4.79 Å². The highest BCUT2D eigenvalue weighted by atomic mass is 16.7. The molecule has 0 radical (unpaired) electrons. The molecule has 20 heavy (non-hydrogen) atoms. The van der Waals surface area contributed by atoms with Gasteiger partial charge in [-0.05, 0) is 6.92 Å². The van der Waals surface area contributed by atoms with E-state index in [1.54, 1.807) is 6.92 Å². The first-order valence-corrected chi connectivity index (χ1v) is 6.25. The molecule has 1 saturated heterocycles. The second kappa shape index (κ2) is 6.31.